The molecule has 1 amide bonds. The quantitative estimate of drug-likeness (QED) is 0.00725. The number of anilines is 4. The molecule has 11 N–H and O–H groups in total. The first-order valence-corrected chi connectivity index (χ1v) is 27.7. The summed E-state index contributed by atoms with van der Waals surface area (Å²) in [5.41, 5.74) is 13.9. The van der Waals surface area contributed by atoms with Gasteiger partial charge < -0.3 is 80.4 Å². The topological polar surface area (TPSA) is 418 Å². The molecule has 0 fully saturated rings. The van der Waals surface area contributed by atoms with Crippen molar-refractivity contribution in [3.8, 4) is 0 Å². The largest absolute Gasteiger partial charge is 0.476 e. The van der Waals surface area contributed by atoms with Crippen molar-refractivity contribution in [1.29, 1.82) is 0 Å². The molecule has 36 heteroatoms. The number of carbonyl (C=O) groups is 8. The first-order valence-electron chi connectivity index (χ1n) is 26.5. The van der Waals surface area contributed by atoms with Crippen LogP contribution in [0.15, 0.2) is 219 Å². The maximum Gasteiger partial charge on any atom is 0.366 e. The molecule has 2 heterocycles. The second kappa shape index (κ2) is 65.9. The standard InChI is InChI=1S/C16H12ClN3O2.C13H16N2O4.C9H6Cl2N2O2.C9H8N2O4.C9H6N2O3.C6H7N.6CH3.6Y/c17-11-7-5-10(6-8-11)9-18-16(22)14-15(21)12-3-1-2-4-13(12)19-20-14;1-3-18-12(16)11(13(17)19-4-2)15-14-10-8-6-5-7-9-10;10-8(14)7(9(11)15)13-12-6-4-2-1-3-5-6;12-8(13)7(9(14)15)11-10-6-4-2-1-3-5-6;12-8-5-3-1-2-4-6(5)10-11-7(8)9(13)14;7-6-4-2-1-3-5-6;;;;;;;;;;;;/h1-8H,9H2,(H,18,22)(H,19,21);5-9,14H,3-4H2,1-2H3;1-5,12H;1-5,10H,(H,12,13)(H,14,15);1-4H,(H,10,12)(H,13,14);1-5H,7H2;6*1H3;;;;;;/q;;;;;;6*-1;;;;;;. The number of H-pyrrole nitrogens is 2. The summed E-state index contributed by atoms with van der Waals surface area (Å²) in [7, 11) is 0. The van der Waals surface area contributed by atoms with Gasteiger partial charge in [0.15, 0.2) is 5.69 Å². The number of carboxylic acid groups (broad SMARTS) is 3. The van der Waals surface area contributed by atoms with E-state index in [0.29, 0.717) is 50.4 Å². The van der Waals surface area contributed by atoms with E-state index in [-0.39, 0.29) is 265 Å². The zero-order chi connectivity index (χ0) is 67.4. The Morgan fingerprint density at radius 3 is 1.10 bits per heavy atom. The molecule has 0 saturated heterocycles. The second-order valence-corrected chi connectivity index (χ2v) is 18.5. The molecule has 2 aromatic heterocycles. The molecule has 7 aromatic carbocycles. The maximum atomic E-state index is 12.3. The Labute approximate surface area is 769 Å². The van der Waals surface area contributed by atoms with Gasteiger partial charge in [-0.15, -0.1) is 0 Å². The van der Waals surface area contributed by atoms with Crippen LogP contribution in [0.3, 0.4) is 0 Å². The van der Waals surface area contributed by atoms with Crippen LogP contribution in [0.1, 0.15) is 40.4 Å². The third kappa shape index (κ3) is 43.5. The van der Waals surface area contributed by atoms with Crippen molar-refractivity contribution < 1.29 is 259 Å². The van der Waals surface area contributed by atoms with Crippen LogP contribution < -0.4 is 38.2 Å². The van der Waals surface area contributed by atoms with E-state index < -0.39 is 74.5 Å². The number of nitrogens with two attached hydrogens (primary N) is 1. The molecule has 0 atom stereocenters. The molecular weight excluding hydrogens is 1860 g/mol. The van der Waals surface area contributed by atoms with E-state index in [1.54, 1.807) is 166 Å². The molecule has 540 valence electrons. The number of hydrogen-bond donors (Lipinski definition) is 10. The number of nitrogen functional groups attached to an aromatic ring is 1. The van der Waals surface area contributed by atoms with Gasteiger partial charge in [0.1, 0.15) is 0 Å². The van der Waals surface area contributed by atoms with E-state index >= 15 is 0 Å². The van der Waals surface area contributed by atoms with Crippen molar-refractivity contribution in [3.05, 3.63) is 281 Å². The second-order valence-electron chi connectivity index (χ2n) is 17.3. The van der Waals surface area contributed by atoms with Crippen molar-refractivity contribution in [2.24, 2.45) is 15.3 Å². The summed E-state index contributed by atoms with van der Waals surface area (Å²) < 4.78 is 9.50. The number of aromatic carboxylic acids is 1. The molecule has 0 spiro atoms. The number of aromatic amines is 2. The van der Waals surface area contributed by atoms with Crippen LogP contribution in [0.25, 0.3) is 21.8 Å². The summed E-state index contributed by atoms with van der Waals surface area (Å²) in [5.74, 6) is -6.65. The smallest absolute Gasteiger partial charge is 0.366 e. The summed E-state index contributed by atoms with van der Waals surface area (Å²) in [5, 5.41) is 50.7. The number of halogens is 3. The zero-order valence-corrected chi connectivity index (χ0v) is 77.0. The van der Waals surface area contributed by atoms with E-state index in [0.717, 1.165) is 11.3 Å². The number of benzene rings is 7. The number of para-hydroxylation sites is 6. The third-order valence-corrected chi connectivity index (χ3v) is 11.5. The average molecular weight is 1940 g/mol. The molecule has 0 aliphatic heterocycles. The van der Waals surface area contributed by atoms with Gasteiger partial charge in [-0.25, -0.2) is 24.0 Å². The molecule has 9 aromatic rings. The number of nitrogens with one attached hydrogen (secondary N) is 6. The predicted molar refractivity (Wildman–Crippen MR) is 386 cm³/mol. The van der Waals surface area contributed by atoms with Crippen LogP contribution in [-0.2, 0) is 241 Å². The van der Waals surface area contributed by atoms with Gasteiger partial charge in [-0.05, 0) is 128 Å². The molecule has 9 rings (SSSR count). The van der Waals surface area contributed by atoms with Crippen molar-refractivity contribution in [1.82, 2.24) is 25.7 Å². The number of ether oxygens (including phenoxy) is 2. The number of carboxylic acids is 3. The van der Waals surface area contributed by atoms with Gasteiger partial charge in [-0.2, -0.15) is 25.5 Å². The fourth-order valence-corrected chi connectivity index (χ4v) is 7.02. The Bertz CT molecular complexity index is 4090. The van der Waals surface area contributed by atoms with Gasteiger partial charge in [0.2, 0.25) is 22.3 Å². The number of amides is 1. The van der Waals surface area contributed by atoms with E-state index in [9.17, 15) is 47.9 Å². The van der Waals surface area contributed by atoms with E-state index in [1.807, 2.05) is 42.5 Å². The van der Waals surface area contributed by atoms with Gasteiger partial charge in [0.25, 0.3) is 27.8 Å². The molecule has 104 heavy (non-hydrogen) atoms. The first-order chi connectivity index (χ1) is 44.1. The van der Waals surface area contributed by atoms with Crippen molar-refractivity contribution >= 4 is 143 Å². The Hall–Kier alpha value is -5.32. The number of rotatable bonds is 18. The monoisotopic (exact) mass is 1940 g/mol. The average Bonchev–Trinajstić information content (AvgIpc) is 0.815. The minimum Gasteiger partial charge on any atom is -0.476 e. The Kier molecular flexibility index (Phi) is 74.2. The molecule has 0 aliphatic rings. The van der Waals surface area contributed by atoms with Gasteiger partial charge in [-0.3, -0.25) is 50.4 Å². The number of carbonyl (C=O) groups excluding carboxylic acids is 5. The molecule has 0 aliphatic carbocycles. The van der Waals surface area contributed by atoms with Gasteiger partial charge in [-0.1, -0.05) is 121 Å². The van der Waals surface area contributed by atoms with Crippen LogP contribution in [0.4, 0.5) is 22.7 Å². The summed E-state index contributed by atoms with van der Waals surface area (Å²) >= 11 is 16.0. The van der Waals surface area contributed by atoms with Gasteiger partial charge >= 0.3 is 29.8 Å². The number of esters is 2. The van der Waals surface area contributed by atoms with Crippen molar-refractivity contribution in [2.75, 3.05) is 35.2 Å². The fraction of sp³-hybridized carbons (Fsp3) is 0.0735. The Balaban J connectivity index is -0.000000148. The van der Waals surface area contributed by atoms with Crippen LogP contribution >= 0.6 is 34.8 Å². The molecule has 27 nitrogen and oxygen atoms in total. The SMILES string of the molecule is CCOC(=O)C(=NNc1ccccc1)C(=O)OCC.Nc1ccccc1.O=C(Cl)C(=NNc1ccccc1)C(=O)Cl.O=C(NCc1ccc(Cl)cc1)c1n[nH]c2ccccc2c1=O.O=C(O)C(=NNc1ccccc1)C(=O)O.O=C(O)c1n[nH]c2ccccc2c1=O.[CH3-].[CH3-].[CH3-].[CH3-].[CH3-].[CH3-].[Y].[Y].[Y].[Y].[Y].[Y]. The van der Waals surface area contributed by atoms with Gasteiger partial charge in [0.05, 0.1) is 41.3 Å². The molecule has 0 bridgehead atoms. The van der Waals surface area contributed by atoms with Crippen LogP contribution in [0.5, 0.6) is 0 Å². The Morgan fingerprint density at radius 1 is 0.452 bits per heavy atom. The predicted octanol–water partition coefficient (Wildman–Crippen LogP) is 11.3. The van der Waals surface area contributed by atoms with Crippen molar-refractivity contribution in [3.63, 3.8) is 0 Å². The maximum absolute atomic E-state index is 12.3. The number of aliphatic carboxylic acids is 2. The number of nitrogens with zero attached hydrogens (tertiary/aromatic N) is 5. The Morgan fingerprint density at radius 2 is 0.769 bits per heavy atom. The van der Waals surface area contributed by atoms with Crippen LogP contribution in [-0.4, -0.2) is 112 Å². The van der Waals surface area contributed by atoms with Crippen LogP contribution in [0.2, 0.25) is 5.02 Å². The normalized spacial score (nSPS) is 8.55. The number of hydrogen-bond acceptors (Lipinski definition) is 21. The number of fused-ring (bicyclic) bond motifs is 2. The van der Waals surface area contributed by atoms with E-state index in [4.69, 9.17) is 65.3 Å². The minimum absolute atomic E-state index is 0. The summed E-state index contributed by atoms with van der Waals surface area (Å²) in [6.45, 7) is 3.89. The molecule has 6 radical (unpaired) electrons. The van der Waals surface area contributed by atoms with Crippen molar-refractivity contribution in [2.45, 2.75) is 20.4 Å². The first kappa shape index (κ1) is 117. The summed E-state index contributed by atoms with van der Waals surface area (Å²) in [6.07, 6.45) is 0. The van der Waals surface area contributed by atoms with E-state index in [2.05, 4.69) is 57.3 Å². The fourth-order valence-electron chi connectivity index (χ4n) is 6.59. The summed E-state index contributed by atoms with van der Waals surface area (Å²) in [6, 6.07) is 56.3. The summed E-state index contributed by atoms with van der Waals surface area (Å²) in [4.78, 5) is 112. The van der Waals surface area contributed by atoms with E-state index in [1.165, 1.54) is 0 Å². The number of hydrazone groups is 3. The molecule has 0 saturated carbocycles. The molecule has 0 unspecified atom stereocenters. The number of aromatic nitrogens is 4. The van der Waals surface area contributed by atoms with Gasteiger partial charge in [0, 0.05) is 224 Å². The molecular formula is C68H73Cl3N12O15Y6-6. The zero-order valence-electron chi connectivity index (χ0n) is 57.7. The third-order valence-electron chi connectivity index (χ3n) is 10.9. The van der Waals surface area contributed by atoms with Crippen LogP contribution in [0, 0.1) is 44.6 Å². The minimum atomic E-state index is -1.59.